The van der Waals surface area contributed by atoms with E-state index in [1.807, 2.05) is 0 Å². The van der Waals surface area contributed by atoms with Crippen molar-refractivity contribution < 1.29 is 4.79 Å². The molecular weight excluding hydrogens is 196 g/mol. The third kappa shape index (κ3) is 1.85. The molecule has 2 atom stereocenters. The smallest absolute Gasteiger partial charge is 0.120 e. The SMILES string of the molecule is CC1=C[C@@]2(CC=O)CCCC(C)(C)[C@H]2CC1. The molecule has 2 aliphatic carbocycles. The predicted molar refractivity (Wildman–Crippen MR) is 67.2 cm³/mol. The minimum Gasteiger partial charge on any atom is -0.303 e. The van der Waals surface area contributed by atoms with Crippen molar-refractivity contribution in [3.05, 3.63) is 11.6 Å². The van der Waals surface area contributed by atoms with Crippen molar-refractivity contribution in [3.8, 4) is 0 Å². The highest BCUT2D eigenvalue weighted by Crippen LogP contribution is 2.57. The molecule has 1 nitrogen and oxygen atoms in total. The number of allylic oxidation sites excluding steroid dienone is 2. The number of carbonyl (C=O) groups excluding carboxylic acids is 1. The van der Waals surface area contributed by atoms with E-state index >= 15 is 0 Å². The van der Waals surface area contributed by atoms with E-state index in [1.165, 1.54) is 37.7 Å². The maximum atomic E-state index is 11.0. The molecule has 16 heavy (non-hydrogen) atoms. The molecule has 1 fully saturated rings. The first kappa shape index (κ1) is 11.9. The van der Waals surface area contributed by atoms with E-state index in [0.29, 0.717) is 11.3 Å². The quantitative estimate of drug-likeness (QED) is 0.505. The molecule has 0 aromatic heterocycles. The van der Waals surface area contributed by atoms with Crippen molar-refractivity contribution in [2.75, 3.05) is 0 Å². The Morgan fingerprint density at radius 2 is 2.19 bits per heavy atom. The van der Waals surface area contributed by atoms with Crippen LogP contribution in [-0.4, -0.2) is 6.29 Å². The Balaban J connectivity index is 2.38. The maximum Gasteiger partial charge on any atom is 0.120 e. The van der Waals surface area contributed by atoms with E-state index in [2.05, 4.69) is 26.8 Å². The van der Waals surface area contributed by atoms with Crippen LogP contribution >= 0.6 is 0 Å². The average Bonchev–Trinajstić information content (AvgIpc) is 2.16. The van der Waals surface area contributed by atoms with Gasteiger partial charge >= 0.3 is 0 Å². The van der Waals surface area contributed by atoms with Gasteiger partial charge in [0.15, 0.2) is 0 Å². The van der Waals surface area contributed by atoms with E-state index < -0.39 is 0 Å². The van der Waals surface area contributed by atoms with Gasteiger partial charge in [-0.15, -0.1) is 0 Å². The van der Waals surface area contributed by atoms with Gasteiger partial charge in [-0.05, 0) is 49.4 Å². The Morgan fingerprint density at radius 3 is 2.88 bits per heavy atom. The van der Waals surface area contributed by atoms with Crippen LogP contribution < -0.4 is 0 Å². The molecular formula is C15H24O. The first-order valence-electron chi connectivity index (χ1n) is 6.62. The van der Waals surface area contributed by atoms with Gasteiger partial charge in [-0.3, -0.25) is 0 Å². The first-order chi connectivity index (χ1) is 7.50. The Morgan fingerprint density at radius 1 is 1.44 bits per heavy atom. The molecule has 0 saturated heterocycles. The van der Waals surface area contributed by atoms with Crippen molar-refractivity contribution in [1.29, 1.82) is 0 Å². The topological polar surface area (TPSA) is 17.1 Å². The summed E-state index contributed by atoms with van der Waals surface area (Å²) < 4.78 is 0. The second kappa shape index (κ2) is 4.01. The number of carbonyl (C=O) groups is 1. The lowest BCUT2D eigenvalue weighted by Crippen LogP contribution is -2.44. The normalized spacial score (nSPS) is 37.4. The molecule has 1 heteroatoms. The van der Waals surface area contributed by atoms with E-state index in [-0.39, 0.29) is 5.41 Å². The van der Waals surface area contributed by atoms with Crippen LogP contribution in [0, 0.1) is 16.7 Å². The van der Waals surface area contributed by atoms with Crippen molar-refractivity contribution in [2.45, 2.75) is 59.3 Å². The number of hydrogen-bond acceptors (Lipinski definition) is 1. The van der Waals surface area contributed by atoms with E-state index in [0.717, 1.165) is 12.7 Å². The van der Waals surface area contributed by atoms with E-state index in [4.69, 9.17) is 0 Å². The molecule has 2 aliphatic rings. The summed E-state index contributed by atoms with van der Waals surface area (Å²) in [4.78, 5) is 11.0. The lowest BCUT2D eigenvalue weighted by molar-refractivity contribution is -0.112. The number of hydrogen-bond donors (Lipinski definition) is 0. The van der Waals surface area contributed by atoms with Crippen molar-refractivity contribution in [1.82, 2.24) is 0 Å². The minimum absolute atomic E-state index is 0.200. The highest BCUT2D eigenvalue weighted by atomic mass is 16.1. The van der Waals surface area contributed by atoms with Gasteiger partial charge in [0.2, 0.25) is 0 Å². The molecule has 0 N–H and O–H groups in total. The van der Waals surface area contributed by atoms with Gasteiger partial charge in [0.25, 0.3) is 0 Å². The first-order valence-corrected chi connectivity index (χ1v) is 6.62. The van der Waals surface area contributed by atoms with Crippen LogP contribution in [0.4, 0.5) is 0 Å². The minimum atomic E-state index is 0.200. The Labute approximate surface area is 99.3 Å². The largest absolute Gasteiger partial charge is 0.303 e. The van der Waals surface area contributed by atoms with Crippen LogP contribution in [0.2, 0.25) is 0 Å². The van der Waals surface area contributed by atoms with Gasteiger partial charge in [-0.25, -0.2) is 0 Å². The monoisotopic (exact) mass is 220 g/mol. The molecule has 0 aromatic rings. The predicted octanol–water partition coefficient (Wildman–Crippen LogP) is 4.13. The molecule has 1 saturated carbocycles. The molecule has 0 aliphatic heterocycles. The van der Waals surface area contributed by atoms with Crippen LogP contribution in [0.25, 0.3) is 0 Å². The van der Waals surface area contributed by atoms with Crippen molar-refractivity contribution in [2.24, 2.45) is 16.7 Å². The van der Waals surface area contributed by atoms with Crippen molar-refractivity contribution in [3.63, 3.8) is 0 Å². The number of rotatable bonds is 2. The maximum absolute atomic E-state index is 11.0. The molecule has 2 rings (SSSR count). The van der Waals surface area contributed by atoms with Gasteiger partial charge < -0.3 is 4.79 Å². The zero-order valence-electron chi connectivity index (χ0n) is 10.9. The summed E-state index contributed by atoms with van der Waals surface area (Å²) in [6.45, 7) is 7.01. The summed E-state index contributed by atoms with van der Waals surface area (Å²) in [6.07, 6.45) is 10.7. The second-order valence-electron chi connectivity index (χ2n) is 6.53. The fourth-order valence-electron chi connectivity index (χ4n) is 4.24. The van der Waals surface area contributed by atoms with Crippen LogP contribution in [-0.2, 0) is 4.79 Å². The van der Waals surface area contributed by atoms with Gasteiger partial charge in [0, 0.05) is 6.42 Å². The summed E-state index contributed by atoms with van der Waals surface area (Å²) in [6, 6.07) is 0. The summed E-state index contributed by atoms with van der Waals surface area (Å²) in [5.74, 6) is 0.711. The third-order valence-electron chi connectivity index (χ3n) is 4.93. The molecule has 0 aromatic carbocycles. The van der Waals surface area contributed by atoms with Crippen LogP contribution in [0.3, 0.4) is 0 Å². The lowest BCUT2D eigenvalue weighted by Gasteiger charge is -2.53. The van der Waals surface area contributed by atoms with Gasteiger partial charge in [-0.2, -0.15) is 0 Å². The van der Waals surface area contributed by atoms with E-state index in [9.17, 15) is 4.79 Å². The number of aldehydes is 1. The molecule has 0 amide bonds. The second-order valence-corrected chi connectivity index (χ2v) is 6.53. The zero-order valence-corrected chi connectivity index (χ0v) is 10.9. The third-order valence-corrected chi connectivity index (χ3v) is 4.93. The summed E-state index contributed by atoms with van der Waals surface area (Å²) >= 11 is 0. The van der Waals surface area contributed by atoms with E-state index in [1.54, 1.807) is 0 Å². The lowest BCUT2D eigenvalue weighted by atomic mass is 9.51. The zero-order chi connectivity index (χ0) is 11.8. The van der Waals surface area contributed by atoms with Gasteiger partial charge in [-0.1, -0.05) is 31.9 Å². The fourth-order valence-corrected chi connectivity index (χ4v) is 4.24. The highest BCUT2D eigenvalue weighted by Gasteiger charge is 2.48. The summed E-state index contributed by atoms with van der Waals surface area (Å²) in [7, 11) is 0. The molecule has 90 valence electrons. The summed E-state index contributed by atoms with van der Waals surface area (Å²) in [5.41, 5.74) is 2.11. The fraction of sp³-hybridized carbons (Fsp3) is 0.800. The Kier molecular flexibility index (Phi) is 2.98. The van der Waals surface area contributed by atoms with Crippen LogP contribution in [0.15, 0.2) is 11.6 Å². The Bertz CT molecular complexity index is 313. The van der Waals surface area contributed by atoms with Gasteiger partial charge in [0.05, 0.1) is 0 Å². The molecule has 0 bridgehead atoms. The summed E-state index contributed by atoms with van der Waals surface area (Å²) in [5, 5.41) is 0. The molecule has 0 radical (unpaired) electrons. The van der Waals surface area contributed by atoms with Crippen molar-refractivity contribution >= 4 is 6.29 Å². The standard InChI is InChI=1S/C15H24O/c1-12-5-6-13-14(2,3)7-4-8-15(13,11-12)9-10-16/h10-11,13H,4-9H2,1-3H3/t13-,15+/m1/s1. The van der Waals surface area contributed by atoms with Gasteiger partial charge in [0.1, 0.15) is 6.29 Å². The average molecular weight is 220 g/mol. The Hall–Kier alpha value is -0.590. The van der Waals surface area contributed by atoms with Crippen LogP contribution in [0.1, 0.15) is 59.3 Å². The molecule has 0 spiro atoms. The molecule has 0 heterocycles. The molecule has 0 unspecified atom stereocenters. The van der Waals surface area contributed by atoms with Crippen LogP contribution in [0.5, 0.6) is 0 Å². The number of fused-ring (bicyclic) bond motifs is 1. The highest BCUT2D eigenvalue weighted by molar-refractivity contribution is 5.52.